The molecular formula is C20H20N2O2S. The first kappa shape index (κ1) is 16.1. The van der Waals surface area contributed by atoms with Gasteiger partial charge in [0, 0.05) is 12.2 Å². The summed E-state index contributed by atoms with van der Waals surface area (Å²) in [6.45, 7) is 5.09. The minimum atomic E-state index is -0.0876. The van der Waals surface area contributed by atoms with Gasteiger partial charge in [-0.3, -0.25) is 4.79 Å². The molecule has 1 aliphatic heterocycles. The van der Waals surface area contributed by atoms with Gasteiger partial charge < -0.3 is 9.32 Å². The number of amides is 1. The molecular weight excluding hydrogens is 332 g/mol. The summed E-state index contributed by atoms with van der Waals surface area (Å²) in [5.41, 5.74) is 3.95. The zero-order chi connectivity index (χ0) is 17.4. The zero-order valence-electron chi connectivity index (χ0n) is 14.4. The number of oxazole rings is 1. The van der Waals surface area contributed by atoms with Crippen molar-refractivity contribution in [3.8, 4) is 10.6 Å². The number of thiophene rings is 1. The van der Waals surface area contributed by atoms with Crippen molar-refractivity contribution < 1.29 is 9.21 Å². The molecule has 2 aromatic heterocycles. The number of benzene rings is 1. The van der Waals surface area contributed by atoms with E-state index in [2.05, 4.69) is 37.0 Å². The summed E-state index contributed by atoms with van der Waals surface area (Å²) in [6, 6.07) is 10.3. The minimum absolute atomic E-state index is 0.0876. The van der Waals surface area contributed by atoms with Gasteiger partial charge in [0.05, 0.1) is 4.88 Å². The molecule has 3 heterocycles. The highest BCUT2D eigenvalue weighted by Crippen LogP contribution is 2.33. The molecule has 25 heavy (non-hydrogen) atoms. The highest BCUT2D eigenvalue weighted by atomic mass is 32.1. The number of fused-ring (bicyclic) bond motifs is 1. The summed E-state index contributed by atoms with van der Waals surface area (Å²) in [5, 5.41) is 1.97. The largest absolute Gasteiger partial charge is 0.442 e. The van der Waals surface area contributed by atoms with Gasteiger partial charge in [0.1, 0.15) is 0 Å². The lowest BCUT2D eigenvalue weighted by Crippen LogP contribution is -2.36. The van der Waals surface area contributed by atoms with E-state index in [1.807, 2.05) is 22.4 Å². The number of hydrogen-bond acceptors (Lipinski definition) is 4. The van der Waals surface area contributed by atoms with E-state index in [1.54, 1.807) is 11.3 Å². The lowest BCUT2D eigenvalue weighted by molar-refractivity contribution is 0.0981. The van der Waals surface area contributed by atoms with Crippen molar-refractivity contribution in [1.29, 1.82) is 0 Å². The molecule has 5 heteroatoms. The third-order valence-corrected chi connectivity index (χ3v) is 5.52. The fourth-order valence-corrected chi connectivity index (χ4v) is 4.01. The monoisotopic (exact) mass is 352 g/mol. The average molecular weight is 352 g/mol. The maximum Gasteiger partial charge on any atom is 0.280 e. The first-order valence-corrected chi connectivity index (χ1v) is 9.45. The summed E-state index contributed by atoms with van der Waals surface area (Å²) in [4.78, 5) is 20.2. The predicted molar refractivity (Wildman–Crippen MR) is 100 cm³/mol. The Labute approximate surface area is 151 Å². The van der Waals surface area contributed by atoms with Gasteiger partial charge in [-0.25, -0.2) is 4.98 Å². The van der Waals surface area contributed by atoms with Crippen molar-refractivity contribution in [3.05, 3.63) is 58.9 Å². The molecule has 0 saturated heterocycles. The summed E-state index contributed by atoms with van der Waals surface area (Å²) in [6.07, 6.45) is 3.33. The molecule has 3 aromatic rings. The zero-order valence-corrected chi connectivity index (χ0v) is 15.2. The predicted octanol–water partition coefficient (Wildman–Crippen LogP) is 5.12. The van der Waals surface area contributed by atoms with Gasteiger partial charge in [-0.2, -0.15) is 0 Å². The Morgan fingerprint density at radius 2 is 2.20 bits per heavy atom. The van der Waals surface area contributed by atoms with Gasteiger partial charge in [-0.1, -0.05) is 32.0 Å². The molecule has 0 saturated carbocycles. The van der Waals surface area contributed by atoms with Crippen LogP contribution >= 0.6 is 11.3 Å². The minimum Gasteiger partial charge on any atom is -0.442 e. The molecule has 1 amide bonds. The van der Waals surface area contributed by atoms with Crippen LogP contribution in [0.2, 0.25) is 0 Å². The molecule has 0 fully saturated rings. The van der Waals surface area contributed by atoms with E-state index in [9.17, 15) is 4.79 Å². The van der Waals surface area contributed by atoms with E-state index >= 15 is 0 Å². The normalized spacial score (nSPS) is 14.0. The average Bonchev–Trinajstić information content (AvgIpc) is 3.30. The van der Waals surface area contributed by atoms with Crippen molar-refractivity contribution in [2.24, 2.45) is 0 Å². The molecule has 0 bridgehead atoms. The molecule has 0 N–H and O–H groups in total. The molecule has 0 spiro atoms. The van der Waals surface area contributed by atoms with E-state index in [0.717, 1.165) is 23.4 Å². The number of rotatable bonds is 3. The molecule has 0 radical (unpaired) electrons. The lowest BCUT2D eigenvalue weighted by Gasteiger charge is -2.29. The number of carbonyl (C=O) groups is 1. The second-order valence-corrected chi connectivity index (χ2v) is 7.56. The van der Waals surface area contributed by atoms with Gasteiger partial charge in [0.2, 0.25) is 0 Å². The third kappa shape index (κ3) is 2.89. The number of anilines is 1. The van der Waals surface area contributed by atoms with Gasteiger partial charge >= 0.3 is 0 Å². The van der Waals surface area contributed by atoms with Crippen LogP contribution < -0.4 is 4.90 Å². The Morgan fingerprint density at radius 3 is 2.96 bits per heavy atom. The molecule has 0 atom stereocenters. The molecule has 1 aliphatic rings. The van der Waals surface area contributed by atoms with Crippen LogP contribution in [0.15, 0.2) is 46.5 Å². The Kier molecular flexibility index (Phi) is 4.17. The van der Waals surface area contributed by atoms with Crippen LogP contribution in [-0.4, -0.2) is 17.4 Å². The number of aromatic nitrogens is 1. The second kappa shape index (κ2) is 6.48. The first-order chi connectivity index (χ1) is 12.1. The SMILES string of the molecule is CC(C)c1ccc2c(c1)CCCN2C(=O)c1ncoc1-c1cccs1. The molecule has 0 aliphatic carbocycles. The Bertz CT molecular complexity index is 896. The van der Waals surface area contributed by atoms with Crippen LogP contribution in [0.4, 0.5) is 5.69 Å². The molecule has 0 unspecified atom stereocenters. The van der Waals surface area contributed by atoms with Crippen molar-refractivity contribution in [1.82, 2.24) is 4.98 Å². The van der Waals surface area contributed by atoms with Crippen molar-refractivity contribution in [2.45, 2.75) is 32.6 Å². The summed E-state index contributed by atoms with van der Waals surface area (Å²) in [7, 11) is 0. The van der Waals surface area contributed by atoms with Gasteiger partial charge in [0.15, 0.2) is 17.8 Å². The summed E-state index contributed by atoms with van der Waals surface area (Å²) < 4.78 is 5.51. The quantitative estimate of drug-likeness (QED) is 0.657. The van der Waals surface area contributed by atoms with Crippen molar-refractivity contribution >= 4 is 22.9 Å². The van der Waals surface area contributed by atoms with Crippen LogP contribution in [0.5, 0.6) is 0 Å². The Hall–Kier alpha value is -2.40. The van der Waals surface area contributed by atoms with E-state index in [0.29, 0.717) is 23.9 Å². The number of aryl methyl sites for hydroxylation is 1. The smallest absolute Gasteiger partial charge is 0.280 e. The number of nitrogens with zero attached hydrogens (tertiary/aromatic N) is 2. The fraction of sp³-hybridized carbons (Fsp3) is 0.300. The van der Waals surface area contributed by atoms with E-state index < -0.39 is 0 Å². The van der Waals surface area contributed by atoms with Crippen LogP contribution in [0, 0.1) is 0 Å². The topological polar surface area (TPSA) is 46.3 Å². The maximum absolute atomic E-state index is 13.2. The van der Waals surface area contributed by atoms with Crippen molar-refractivity contribution in [2.75, 3.05) is 11.4 Å². The van der Waals surface area contributed by atoms with E-state index in [4.69, 9.17) is 4.42 Å². The van der Waals surface area contributed by atoms with Gasteiger partial charge in [-0.05, 0) is 47.4 Å². The summed E-state index contributed by atoms with van der Waals surface area (Å²) >= 11 is 1.55. The number of carbonyl (C=O) groups excluding carboxylic acids is 1. The van der Waals surface area contributed by atoms with Crippen LogP contribution in [0.1, 0.15) is 47.8 Å². The molecule has 128 valence electrons. The highest BCUT2D eigenvalue weighted by Gasteiger charge is 2.28. The van der Waals surface area contributed by atoms with Crippen LogP contribution in [0.25, 0.3) is 10.6 Å². The fourth-order valence-electron chi connectivity index (χ4n) is 3.30. The Morgan fingerprint density at radius 1 is 1.32 bits per heavy atom. The molecule has 4 nitrogen and oxygen atoms in total. The number of hydrogen-bond donors (Lipinski definition) is 0. The third-order valence-electron chi connectivity index (χ3n) is 4.65. The summed E-state index contributed by atoms with van der Waals surface area (Å²) in [5.74, 6) is 0.957. The Balaban J connectivity index is 1.71. The lowest BCUT2D eigenvalue weighted by atomic mass is 9.94. The first-order valence-electron chi connectivity index (χ1n) is 8.57. The van der Waals surface area contributed by atoms with Crippen molar-refractivity contribution in [3.63, 3.8) is 0 Å². The second-order valence-electron chi connectivity index (χ2n) is 6.61. The van der Waals surface area contributed by atoms with E-state index in [1.165, 1.54) is 17.5 Å². The van der Waals surface area contributed by atoms with Gasteiger partial charge in [0.25, 0.3) is 5.91 Å². The van der Waals surface area contributed by atoms with E-state index in [-0.39, 0.29) is 5.91 Å². The van der Waals surface area contributed by atoms with Crippen LogP contribution in [0.3, 0.4) is 0 Å². The molecule has 1 aromatic carbocycles. The standard InChI is InChI=1S/C20H20N2O2S/c1-13(2)14-7-8-16-15(11-14)5-3-9-22(16)20(23)18-19(24-12-21-18)17-6-4-10-25-17/h4,6-8,10-13H,3,5,9H2,1-2H3. The molecule has 4 rings (SSSR count). The highest BCUT2D eigenvalue weighted by molar-refractivity contribution is 7.13. The van der Waals surface area contributed by atoms with Crippen LogP contribution in [-0.2, 0) is 6.42 Å². The maximum atomic E-state index is 13.2. The van der Waals surface area contributed by atoms with Gasteiger partial charge in [-0.15, -0.1) is 11.3 Å².